The zero-order chi connectivity index (χ0) is 13.9. The SMILES string of the molecule is CCNC(C)c1csc(C2CCOc3ccccc32)n1. The van der Waals surface area contributed by atoms with Crippen LogP contribution in [0.15, 0.2) is 29.6 Å². The van der Waals surface area contributed by atoms with Gasteiger partial charge in [0, 0.05) is 22.9 Å². The first-order valence-electron chi connectivity index (χ1n) is 7.20. The predicted octanol–water partition coefficient (Wildman–Crippen LogP) is 3.73. The van der Waals surface area contributed by atoms with Crippen LogP contribution in [0.1, 0.15) is 48.5 Å². The second-order valence-electron chi connectivity index (χ2n) is 5.12. The van der Waals surface area contributed by atoms with Crippen molar-refractivity contribution >= 4 is 11.3 Å². The molecular formula is C16H20N2OS. The highest BCUT2D eigenvalue weighted by Gasteiger charge is 2.25. The Kier molecular flexibility index (Phi) is 4.03. The van der Waals surface area contributed by atoms with Crippen LogP contribution in [0.25, 0.3) is 0 Å². The summed E-state index contributed by atoms with van der Waals surface area (Å²) in [7, 11) is 0. The Morgan fingerprint density at radius 1 is 1.45 bits per heavy atom. The number of fused-ring (bicyclic) bond motifs is 1. The molecule has 1 aromatic carbocycles. The molecule has 1 aliphatic rings. The second-order valence-corrected chi connectivity index (χ2v) is 6.01. The lowest BCUT2D eigenvalue weighted by atomic mass is 9.94. The summed E-state index contributed by atoms with van der Waals surface area (Å²) in [5.74, 6) is 1.40. The molecule has 0 amide bonds. The molecule has 3 nitrogen and oxygen atoms in total. The molecule has 0 saturated heterocycles. The van der Waals surface area contributed by atoms with Gasteiger partial charge in [-0.3, -0.25) is 0 Å². The first-order chi connectivity index (χ1) is 9.79. The average molecular weight is 288 g/mol. The number of rotatable bonds is 4. The van der Waals surface area contributed by atoms with Gasteiger partial charge in [0.15, 0.2) is 0 Å². The van der Waals surface area contributed by atoms with Crippen molar-refractivity contribution in [2.75, 3.05) is 13.2 Å². The van der Waals surface area contributed by atoms with E-state index in [0.717, 1.165) is 31.0 Å². The molecule has 2 unspecified atom stereocenters. The van der Waals surface area contributed by atoms with Gasteiger partial charge in [-0.2, -0.15) is 0 Å². The van der Waals surface area contributed by atoms with Crippen molar-refractivity contribution in [3.05, 3.63) is 45.9 Å². The summed E-state index contributed by atoms with van der Waals surface area (Å²) in [6.07, 6.45) is 1.01. The van der Waals surface area contributed by atoms with E-state index in [0.29, 0.717) is 12.0 Å². The fourth-order valence-corrected chi connectivity index (χ4v) is 3.73. The van der Waals surface area contributed by atoms with Crippen LogP contribution >= 0.6 is 11.3 Å². The Morgan fingerprint density at radius 2 is 2.30 bits per heavy atom. The van der Waals surface area contributed by atoms with E-state index in [1.807, 2.05) is 6.07 Å². The van der Waals surface area contributed by atoms with E-state index in [1.165, 1.54) is 10.6 Å². The number of aromatic nitrogens is 1. The summed E-state index contributed by atoms with van der Waals surface area (Å²) >= 11 is 1.77. The predicted molar refractivity (Wildman–Crippen MR) is 82.6 cm³/mol. The largest absolute Gasteiger partial charge is 0.493 e. The van der Waals surface area contributed by atoms with Crippen molar-refractivity contribution in [1.82, 2.24) is 10.3 Å². The van der Waals surface area contributed by atoms with Gasteiger partial charge in [0.1, 0.15) is 10.8 Å². The van der Waals surface area contributed by atoms with Crippen molar-refractivity contribution in [1.29, 1.82) is 0 Å². The number of hydrogen-bond donors (Lipinski definition) is 1. The van der Waals surface area contributed by atoms with E-state index in [1.54, 1.807) is 11.3 Å². The minimum Gasteiger partial charge on any atom is -0.493 e. The molecule has 2 aromatic rings. The number of nitrogens with one attached hydrogen (secondary N) is 1. The molecule has 106 valence electrons. The summed E-state index contributed by atoms with van der Waals surface area (Å²) < 4.78 is 5.73. The third-order valence-electron chi connectivity index (χ3n) is 3.75. The Hall–Kier alpha value is -1.39. The molecule has 0 bridgehead atoms. The maximum Gasteiger partial charge on any atom is 0.123 e. The molecule has 3 rings (SSSR count). The molecule has 20 heavy (non-hydrogen) atoms. The standard InChI is InChI=1S/C16H20N2OS/c1-3-17-11(2)14-10-20-16(18-14)13-8-9-19-15-7-5-4-6-12(13)15/h4-7,10-11,13,17H,3,8-9H2,1-2H3. The van der Waals surface area contributed by atoms with Gasteiger partial charge in [-0.1, -0.05) is 25.1 Å². The van der Waals surface area contributed by atoms with Gasteiger partial charge in [-0.25, -0.2) is 4.98 Å². The number of nitrogens with zero attached hydrogens (tertiary/aromatic N) is 1. The fraction of sp³-hybridized carbons (Fsp3) is 0.438. The van der Waals surface area contributed by atoms with Crippen molar-refractivity contribution in [3.8, 4) is 5.75 Å². The zero-order valence-electron chi connectivity index (χ0n) is 11.9. The van der Waals surface area contributed by atoms with Gasteiger partial charge >= 0.3 is 0 Å². The third-order valence-corrected chi connectivity index (χ3v) is 4.73. The van der Waals surface area contributed by atoms with E-state index >= 15 is 0 Å². The van der Waals surface area contributed by atoms with E-state index in [4.69, 9.17) is 9.72 Å². The van der Waals surface area contributed by atoms with Crippen LogP contribution in [0.4, 0.5) is 0 Å². The Bertz CT molecular complexity index is 581. The van der Waals surface area contributed by atoms with Gasteiger partial charge in [0.2, 0.25) is 0 Å². The highest BCUT2D eigenvalue weighted by Crippen LogP contribution is 2.39. The van der Waals surface area contributed by atoms with Crippen molar-refractivity contribution in [2.24, 2.45) is 0 Å². The molecule has 2 heterocycles. The number of para-hydroxylation sites is 1. The summed E-state index contributed by atoms with van der Waals surface area (Å²) in [5.41, 5.74) is 2.42. The molecule has 0 aliphatic carbocycles. The van der Waals surface area contributed by atoms with Gasteiger partial charge in [-0.05, 0) is 26.0 Å². The molecule has 1 N–H and O–H groups in total. The normalized spacial score (nSPS) is 19.2. The average Bonchev–Trinajstić information content (AvgIpc) is 2.97. The Morgan fingerprint density at radius 3 is 3.15 bits per heavy atom. The third kappa shape index (κ3) is 2.58. The molecule has 1 aliphatic heterocycles. The maximum atomic E-state index is 5.73. The zero-order valence-corrected chi connectivity index (χ0v) is 12.7. The summed E-state index contributed by atoms with van der Waals surface area (Å²) in [6.45, 7) is 6.03. The van der Waals surface area contributed by atoms with E-state index in [-0.39, 0.29) is 0 Å². The summed E-state index contributed by atoms with van der Waals surface area (Å²) in [5, 5.41) is 6.81. The van der Waals surface area contributed by atoms with Crippen LogP contribution in [0.5, 0.6) is 5.75 Å². The topological polar surface area (TPSA) is 34.1 Å². The van der Waals surface area contributed by atoms with Crippen LogP contribution < -0.4 is 10.1 Å². The molecule has 0 radical (unpaired) electrons. The Balaban J connectivity index is 1.87. The van der Waals surface area contributed by atoms with Crippen molar-refractivity contribution in [2.45, 2.75) is 32.2 Å². The summed E-state index contributed by atoms with van der Waals surface area (Å²) in [6, 6.07) is 8.64. The fourth-order valence-electron chi connectivity index (χ4n) is 2.67. The first kappa shape index (κ1) is 13.6. The van der Waals surface area contributed by atoms with Gasteiger partial charge in [0.05, 0.1) is 12.3 Å². The van der Waals surface area contributed by atoms with Crippen LogP contribution in [0.3, 0.4) is 0 Å². The smallest absolute Gasteiger partial charge is 0.123 e. The number of ether oxygens (including phenoxy) is 1. The van der Waals surface area contributed by atoms with Crippen molar-refractivity contribution < 1.29 is 4.74 Å². The number of thiazole rings is 1. The molecule has 4 heteroatoms. The first-order valence-corrected chi connectivity index (χ1v) is 8.08. The second kappa shape index (κ2) is 5.94. The Labute approximate surface area is 124 Å². The highest BCUT2D eigenvalue weighted by molar-refractivity contribution is 7.09. The quantitative estimate of drug-likeness (QED) is 0.931. The van der Waals surface area contributed by atoms with E-state index in [9.17, 15) is 0 Å². The van der Waals surface area contributed by atoms with Crippen LogP contribution in [0.2, 0.25) is 0 Å². The van der Waals surface area contributed by atoms with Crippen LogP contribution in [0, 0.1) is 0 Å². The number of hydrogen-bond acceptors (Lipinski definition) is 4. The molecule has 0 saturated carbocycles. The minimum absolute atomic E-state index is 0.320. The lowest BCUT2D eigenvalue weighted by Gasteiger charge is -2.24. The van der Waals surface area contributed by atoms with Gasteiger partial charge in [-0.15, -0.1) is 11.3 Å². The van der Waals surface area contributed by atoms with Gasteiger partial charge in [0.25, 0.3) is 0 Å². The van der Waals surface area contributed by atoms with E-state index < -0.39 is 0 Å². The van der Waals surface area contributed by atoms with Crippen LogP contribution in [-0.2, 0) is 0 Å². The minimum atomic E-state index is 0.320. The molecule has 0 fully saturated rings. The highest BCUT2D eigenvalue weighted by atomic mass is 32.1. The molecular weight excluding hydrogens is 268 g/mol. The lowest BCUT2D eigenvalue weighted by Crippen LogP contribution is -2.18. The number of benzene rings is 1. The lowest BCUT2D eigenvalue weighted by molar-refractivity contribution is 0.276. The maximum absolute atomic E-state index is 5.73. The van der Waals surface area contributed by atoms with Crippen LogP contribution in [-0.4, -0.2) is 18.1 Å². The van der Waals surface area contributed by atoms with Gasteiger partial charge < -0.3 is 10.1 Å². The molecule has 1 aromatic heterocycles. The van der Waals surface area contributed by atoms with E-state index in [2.05, 4.69) is 42.7 Å². The monoisotopic (exact) mass is 288 g/mol. The molecule has 2 atom stereocenters. The van der Waals surface area contributed by atoms with Crippen molar-refractivity contribution in [3.63, 3.8) is 0 Å². The molecule has 0 spiro atoms. The summed E-state index contributed by atoms with van der Waals surface area (Å²) in [4.78, 5) is 4.85.